The molecule has 0 radical (unpaired) electrons. The zero-order chi connectivity index (χ0) is 9.42. The molecular weight excluding hydrogens is 207 g/mol. The van der Waals surface area contributed by atoms with Gasteiger partial charge >= 0.3 is 0 Å². The van der Waals surface area contributed by atoms with E-state index in [4.69, 9.17) is 23.2 Å². The summed E-state index contributed by atoms with van der Waals surface area (Å²) in [5.41, 5.74) is 1.86. The van der Waals surface area contributed by atoms with Gasteiger partial charge in [-0.1, -0.05) is 30.1 Å². The second kappa shape index (κ2) is 3.20. The van der Waals surface area contributed by atoms with Crippen LogP contribution < -0.4 is 0 Å². The molecule has 0 spiro atoms. The molecule has 0 fully saturated rings. The fraction of sp³-hybridized carbons (Fsp3) is 0.222. The van der Waals surface area contributed by atoms with E-state index in [9.17, 15) is 0 Å². The molecule has 1 aromatic carbocycles. The molecule has 68 valence electrons. The Labute approximate surface area is 85.8 Å². The summed E-state index contributed by atoms with van der Waals surface area (Å²) in [6.45, 7) is 2.06. The fourth-order valence-corrected chi connectivity index (χ4v) is 1.90. The average molecular weight is 215 g/mol. The van der Waals surface area contributed by atoms with E-state index in [0.717, 1.165) is 23.0 Å². The minimum Gasteiger partial charge on any atom is -0.281 e. The van der Waals surface area contributed by atoms with Gasteiger partial charge in [0.05, 0.1) is 5.02 Å². The van der Waals surface area contributed by atoms with Gasteiger partial charge in [0.15, 0.2) is 0 Å². The molecule has 13 heavy (non-hydrogen) atoms. The van der Waals surface area contributed by atoms with E-state index in [1.54, 1.807) is 6.07 Å². The van der Waals surface area contributed by atoms with Crippen molar-refractivity contribution < 1.29 is 0 Å². The number of hydrogen-bond acceptors (Lipinski definition) is 1. The maximum atomic E-state index is 5.97. The van der Waals surface area contributed by atoms with Gasteiger partial charge in [0, 0.05) is 16.1 Å². The summed E-state index contributed by atoms with van der Waals surface area (Å²) in [7, 11) is 0. The number of halogens is 2. The minimum absolute atomic E-state index is 0.596. The first-order valence-corrected chi connectivity index (χ1v) is 4.80. The van der Waals surface area contributed by atoms with E-state index < -0.39 is 0 Å². The molecule has 2 rings (SSSR count). The Hall–Kier alpha value is -0.730. The predicted octanol–water partition coefficient (Wildman–Crippen LogP) is 3.43. The number of aryl methyl sites for hydroxylation is 1. The molecule has 0 bridgehead atoms. The first-order chi connectivity index (χ1) is 6.22. The molecule has 2 aromatic rings. The number of hydrogen-bond donors (Lipinski definition) is 1. The van der Waals surface area contributed by atoms with Crippen LogP contribution in [0.2, 0.25) is 10.0 Å². The lowest BCUT2D eigenvalue weighted by Gasteiger charge is -1.95. The van der Waals surface area contributed by atoms with Crippen molar-refractivity contribution in [2.45, 2.75) is 13.3 Å². The first-order valence-electron chi connectivity index (χ1n) is 4.04. The lowest BCUT2D eigenvalue weighted by molar-refractivity contribution is 0.988. The Morgan fingerprint density at radius 1 is 1.38 bits per heavy atom. The van der Waals surface area contributed by atoms with Crippen LogP contribution in [0.3, 0.4) is 0 Å². The van der Waals surface area contributed by atoms with E-state index in [2.05, 4.69) is 17.1 Å². The van der Waals surface area contributed by atoms with Crippen LogP contribution in [0.15, 0.2) is 12.1 Å². The number of aromatic amines is 1. The SMILES string of the molecule is CCc1[nH]nc2c(Cl)cc(Cl)cc12. The molecular formula is C9H8Cl2N2. The highest BCUT2D eigenvalue weighted by molar-refractivity contribution is 6.38. The molecule has 0 amide bonds. The van der Waals surface area contributed by atoms with Crippen LogP contribution in [-0.2, 0) is 6.42 Å². The summed E-state index contributed by atoms with van der Waals surface area (Å²) in [4.78, 5) is 0. The van der Waals surface area contributed by atoms with Crippen molar-refractivity contribution >= 4 is 34.1 Å². The standard InChI is InChI=1S/C9H8Cl2N2/c1-2-8-6-3-5(10)4-7(11)9(6)13-12-8/h3-4H,2H2,1H3,(H,12,13). The van der Waals surface area contributed by atoms with Crippen molar-refractivity contribution in [3.63, 3.8) is 0 Å². The van der Waals surface area contributed by atoms with Gasteiger partial charge in [0.25, 0.3) is 0 Å². The molecule has 0 saturated heterocycles. The molecule has 0 saturated carbocycles. The van der Waals surface area contributed by atoms with E-state index >= 15 is 0 Å². The number of H-pyrrole nitrogens is 1. The molecule has 2 nitrogen and oxygen atoms in total. The van der Waals surface area contributed by atoms with Crippen LogP contribution in [0.4, 0.5) is 0 Å². The van der Waals surface area contributed by atoms with Crippen LogP contribution in [0, 0.1) is 0 Å². The third-order valence-electron chi connectivity index (χ3n) is 2.01. The van der Waals surface area contributed by atoms with Crippen LogP contribution in [0.5, 0.6) is 0 Å². The van der Waals surface area contributed by atoms with E-state index in [0.29, 0.717) is 10.0 Å². The highest BCUT2D eigenvalue weighted by Gasteiger charge is 2.07. The van der Waals surface area contributed by atoms with E-state index in [1.165, 1.54) is 0 Å². The summed E-state index contributed by atoms with van der Waals surface area (Å²) >= 11 is 11.8. The summed E-state index contributed by atoms with van der Waals surface area (Å²) < 4.78 is 0. The highest BCUT2D eigenvalue weighted by Crippen LogP contribution is 2.28. The third-order valence-corrected chi connectivity index (χ3v) is 2.52. The highest BCUT2D eigenvalue weighted by atomic mass is 35.5. The van der Waals surface area contributed by atoms with Gasteiger partial charge in [-0.15, -0.1) is 0 Å². The molecule has 0 aliphatic carbocycles. The Morgan fingerprint density at radius 3 is 2.85 bits per heavy atom. The monoisotopic (exact) mass is 214 g/mol. The van der Waals surface area contributed by atoms with Crippen LogP contribution in [-0.4, -0.2) is 10.2 Å². The minimum atomic E-state index is 0.596. The summed E-state index contributed by atoms with van der Waals surface area (Å²) in [5.74, 6) is 0. The molecule has 1 N–H and O–H groups in total. The van der Waals surface area contributed by atoms with Crippen LogP contribution in [0.1, 0.15) is 12.6 Å². The zero-order valence-corrected chi connectivity index (χ0v) is 8.58. The molecule has 0 atom stereocenters. The van der Waals surface area contributed by atoms with Crippen LogP contribution >= 0.6 is 23.2 Å². The average Bonchev–Trinajstić information content (AvgIpc) is 2.47. The first kappa shape index (κ1) is 8.85. The summed E-state index contributed by atoms with van der Waals surface area (Å²) in [6.07, 6.45) is 0.896. The van der Waals surface area contributed by atoms with Crippen molar-refractivity contribution in [3.05, 3.63) is 27.9 Å². The van der Waals surface area contributed by atoms with Gasteiger partial charge in [-0.2, -0.15) is 5.10 Å². The Morgan fingerprint density at radius 2 is 2.15 bits per heavy atom. The van der Waals surface area contributed by atoms with Gasteiger partial charge in [0.2, 0.25) is 0 Å². The van der Waals surface area contributed by atoms with Crippen molar-refractivity contribution in [3.8, 4) is 0 Å². The molecule has 1 heterocycles. The normalized spacial score (nSPS) is 11.0. The molecule has 1 aromatic heterocycles. The fourth-order valence-electron chi connectivity index (χ4n) is 1.36. The number of nitrogens with zero attached hydrogens (tertiary/aromatic N) is 1. The van der Waals surface area contributed by atoms with Crippen LogP contribution in [0.25, 0.3) is 10.9 Å². The number of fused-ring (bicyclic) bond motifs is 1. The summed E-state index contributed by atoms with van der Waals surface area (Å²) in [5, 5.41) is 9.31. The van der Waals surface area contributed by atoms with Gasteiger partial charge in [-0.05, 0) is 18.6 Å². The van der Waals surface area contributed by atoms with Gasteiger partial charge in [-0.3, -0.25) is 5.10 Å². The van der Waals surface area contributed by atoms with Gasteiger partial charge in [-0.25, -0.2) is 0 Å². The molecule has 0 unspecified atom stereocenters. The molecule has 4 heteroatoms. The van der Waals surface area contributed by atoms with E-state index in [-0.39, 0.29) is 0 Å². The smallest absolute Gasteiger partial charge is 0.111 e. The number of aromatic nitrogens is 2. The van der Waals surface area contributed by atoms with Gasteiger partial charge in [0.1, 0.15) is 5.52 Å². The van der Waals surface area contributed by atoms with E-state index in [1.807, 2.05) is 6.07 Å². The molecule has 0 aliphatic heterocycles. The van der Waals surface area contributed by atoms with Crippen molar-refractivity contribution in [2.24, 2.45) is 0 Å². The maximum Gasteiger partial charge on any atom is 0.111 e. The lowest BCUT2D eigenvalue weighted by atomic mass is 10.2. The zero-order valence-electron chi connectivity index (χ0n) is 7.06. The number of rotatable bonds is 1. The number of nitrogens with one attached hydrogen (secondary N) is 1. The quantitative estimate of drug-likeness (QED) is 0.775. The van der Waals surface area contributed by atoms with Crippen molar-refractivity contribution in [1.29, 1.82) is 0 Å². The number of benzene rings is 1. The maximum absolute atomic E-state index is 5.97. The third kappa shape index (κ3) is 1.40. The van der Waals surface area contributed by atoms with Gasteiger partial charge < -0.3 is 0 Å². The Bertz CT molecular complexity index is 448. The largest absolute Gasteiger partial charge is 0.281 e. The predicted molar refractivity (Wildman–Crippen MR) is 55.5 cm³/mol. The Balaban J connectivity index is 2.82. The van der Waals surface area contributed by atoms with Crippen molar-refractivity contribution in [2.75, 3.05) is 0 Å². The summed E-state index contributed by atoms with van der Waals surface area (Å²) in [6, 6.07) is 3.58. The van der Waals surface area contributed by atoms with Crippen molar-refractivity contribution in [1.82, 2.24) is 10.2 Å². The molecule has 0 aliphatic rings. The Kier molecular flexibility index (Phi) is 2.18. The second-order valence-corrected chi connectivity index (χ2v) is 3.68. The lowest BCUT2D eigenvalue weighted by Crippen LogP contribution is -1.79. The topological polar surface area (TPSA) is 28.7 Å². The second-order valence-electron chi connectivity index (χ2n) is 2.84.